The molecule has 0 unspecified atom stereocenters. The van der Waals surface area contributed by atoms with Crippen molar-refractivity contribution >= 4 is 24.8 Å². The highest BCUT2D eigenvalue weighted by Crippen LogP contribution is 2.42. The Bertz CT molecular complexity index is 562. The second kappa shape index (κ2) is 9.87. The molecule has 1 heterocycles. The molecule has 3 nitrogen and oxygen atoms in total. The van der Waals surface area contributed by atoms with Crippen molar-refractivity contribution in [1.82, 2.24) is 10.2 Å². The number of hydrogen-bond acceptors (Lipinski definition) is 3. The summed E-state index contributed by atoms with van der Waals surface area (Å²) < 4.78 is 83.8. The zero-order valence-electron chi connectivity index (χ0n) is 13.8. The van der Waals surface area contributed by atoms with E-state index in [1.54, 1.807) is 0 Å². The standard InChI is InChI=1S/C15H18F6N2O.2ClH/c1-24-10-2-3-11(12(8-10)15(19,20)21)13(9-14(16,17)18)23-6-4-22-5-7-23;;/h2-3,8,13,22H,4-7,9H2,1H3;2*1H/t13-;;/m0../s1. The molecule has 1 fully saturated rings. The third kappa shape index (κ3) is 6.68. The van der Waals surface area contributed by atoms with Gasteiger partial charge in [-0.05, 0) is 17.7 Å². The molecular weight excluding hydrogens is 409 g/mol. The van der Waals surface area contributed by atoms with Crippen LogP contribution in [0.3, 0.4) is 0 Å². The molecule has 1 saturated heterocycles. The number of benzene rings is 1. The van der Waals surface area contributed by atoms with E-state index >= 15 is 0 Å². The molecule has 11 heteroatoms. The Labute approximate surface area is 159 Å². The molecule has 1 aromatic rings. The molecule has 0 spiro atoms. The van der Waals surface area contributed by atoms with E-state index in [9.17, 15) is 26.3 Å². The van der Waals surface area contributed by atoms with E-state index in [4.69, 9.17) is 4.74 Å². The summed E-state index contributed by atoms with van der Waals surface area (Å²) in [6.07, 6.45) is -10.7. The van der Waals surface area contributed by atoms with Gasteiger partial charge in [0.05, 0.1) is 19.1 Å². The monoisotopic (exact) mass is 428 g/mol. The summed E-state index contributed by atoms with van der Waals surface area (Å²) >= 11 is 0. The topological polar surface area (TPSA) is 24.5 Å². The van der Waals surface area contributed by atoms with Crippen LogP contribution in [0, 0.1) is 0 Å². The van der Waals surface area contributed by atoms with Gasteiger partial charge in [-0.25, -0.2) is 0 Å². The van der Waals surface area contributed by atoms with Crippen molar-refractivity contribution in [3.8, 4) is 5.75 Å². The summed E-state index contributed by atoms with van der Waals surface area (Å²) in [6.45, 7) is 1.38. The number of rotatable bonds is 4. The molecule has 1 aliphatic rings. The van der Waals surface area contributed by atoms with Crippen LogP contribution in [0.2, 0.25) is 0 Å². The fraction of sp³-hybridized carbons (Fsp3) is 0.600. The fourth-order valence-corrected chi connectivity index (χ4v) is 2.85. The number of ether oxygens (including phenoxy) is 1. The van der Waals surface area contributed by atoms with Gasteiger partial charge >= 0.3 is 12.4 Å². The van der Waals surface area contributed by atoms with E-state index in [-0.39, 0.29) is 49.2 Å². The van der Waals surface area contributed by atoms with E-state index in [1.807, 2.05) is 0 Å². The Kier molecular flexibility index (Phi) is 9.53. The van der Waals surface area contributed by atoms with Crippen molar-refractivity contribution in [3.05, 3.63) is 29.3 Å². The molecule has 0 aliphatic carbocycles. The zero-order chi connectivity index (χ0) is 18.0. The van der Waals surface area contributed by atoms with Crippen LogP contribution in [-0.4, -0.2) is 44.4 Å². The molecule has 1 aromatic carbocycles. The van der Waals surface area contributed by atoms with Crippen LogP contribution in [0.4, 0.5) is 26.3 Å². The average Bonchev–Trinajstić information content (AvgIpc) is 2.51. The van der Waals surface area contributed by atoms with Gasteiger partial charge in [0, 0.05) is 32.2 Å². The fourth-order valence-electron chi connectivity index (χ4n) is 2.85. The van der Waals surface area contributed by atoms with E-state index in [1.165, 1.54) is 18.1 Å². The Morgan fingerprint density at radius 1 is 1.08 bits per heavy atom. The third-order valence-corrected chi connectivity index (χ3v) is 3.94. The maximum Gasteiger partial charge on any atom is 0.416 e. The van der Waals surface area contributed by atoms with Gasteiger partial charge in [0.1, 0.15) is 5.75 Å². The molecule has 1 aliphatic heterocycles. The second-order valence-electron chi connectivity index (χ2n) is 5.57. The Hall–Kier alpha value is -0.900. The van der Waals surface area contributed by atoms with Crippen LogP contribution in [0.1, 0.15) is 23.6 Å². The van der Waals surface area contributed by atoms with Crippen molar-refractivity contribution in [3.63, 3.8) is 0 Å². The normalized spacial score (nSPS) is 17.0. The predicted molar refractivity (Wildman–Crippen MR) is 90.3 cm³/mol. The highest BCUT2D eigenvalue weighted by atomic mass is 35.5. The minimum atomic E-state index is -4.76. The molecule has 0 saturated carbocycles. The molecule has 0 amide bonds. The van der Waals surface area contributed by atoms with Gasteiger partial charge < -0.3 is 10.1 Å². The minimum Gasteiger partial charge on any atom is -0.497 e. The van der Waals surface area contributed by atoms with Gasteiger partial charge in [0.25, 0.3) is 0 Å². The van der Waals surface area contributed by atoms with Crippen LogP contribution < -0.4 is 10.1 Å². The van der Waals surface area contributed by atoms with Gasteiger partial charge in [-0.1, -0.05) is 6.07 Å². The van der Waals surface area contributed by atoms with Crippen molar-refractivity contribution < 1.29 is 31.1 Å². The van der Waals surface area contributed by atoms with Crippen LogP contribution in [0.25, 0.3) is 0 Å². The van der Waals surface area contributed by atoms with E-state index < -0.39 is 30.4 Å². The number of hydrogen-bond donors (Lipinski definition) is 1. The lowest BCUT2D eigenvalue weighted by Gasteiger charge is -2.36. The summed E-state index contributed by atoms with van der Waals surface area (Å²) in [5, 5.41) is 2.98. The SMILES string of the molecule is COc1ccc([C@H](CC(F)(F)F)N2CCNCC2)c(C(F)(F)F)c1.Cl.Cl. The van der Waals surface area contributed by atoms with Crippen LogP contribution >= 0.6 is 24.8 Å². The Balaban J connectivity index is 0.00000312. The Morgan fingerprint density at radius 3 is 2.12 bits per heavy atom. The lowest BCUT2D eigenvalue weighted by molar-refractivity contribution is -0.153. The molecule has 26 heavy (non-hydrogen) atoms. The second-order valence-corrected chi connectivity index (χ2v) is 5.57. The number of nitrogens with zero attached hydrogens (tertiary/aromatic N) is 1. The number of halogens is 8. The lowest BCUT2D eigenvalue weighted by atomic mass is 9.95. The molecule has 1 N–H and O–H groups in total. The van der Waals surface area contributed by atoms with Crippen molar-refractivity contribution in [2.24, 2.45) is 0 Å². The van der Waals surface area contributed by atoms with Gasteiger partial charge in [0.2, 0.25) is 0 Å². The summed E-state index contributed by atoms with van der Waals surface area (Å²) in [5.74, 6) is -0.0443. The number of piperazine rings is 1. The molecule has 0 radical (unpaired) electrons. The number of methoxy groups -OCH3 is 1. The summed E-state index contributed by atoms with van der Waals surface area (Å²) in [7, 11) is 1.21. The third-order valence-electron chi connectivity index (χ3n) is 3.94. The average molecular weight is 429 g/mol. The van der Waals surface area contributed by atoms with Gasteiger partial charge in [-0.3, -0.25) is 4.90 Å². The van der Waals surface area contributed by atoms with Crippen molar-refractivity contribution in [2.75, 3.05) is 33.3 Å². The molecule has 152 valence electrons. The first-order valence-electron chi connectivity index (χ1n) is 7.38. The van der Waals surface area contributed by atoms with Crippen molar-refractivity contribution in [2.45, 2.75) is 24.8 Å². The molecular formula is C15H20Cl2F6N2O. The summed E-state index contributed by atoms with van der Waals surface area (Å²) in [4.78, 5) is 1.45. The maximum absolute atomic E-state index is 13.4. The van der Waals surface area contributed by atoms with E-state index in [0.29, 0.717) is 13.1 Å². The quantitative estimate of drug-likeness (QED) is 0.716. The van der Waals surface area contributed by atoms with Gasteiger partial charge in [0.15, 0.2) is 0 Å². The predicted octanol–water partition coefficient (Wildman–Crippen LogP) is 4.46. The minimum absolute atomic E-state index is 0. The summed E-state index contributed by atoms with van der Waals surface area (Å²) in [5.41, 5.74) is -1.46. The van der Waals surface area contributed by atoms with Crippen molar-refractivity contribution in [1.29, 1.82) is 0 Å². The van der Waals surface area contributed by atoms with Crippen LogP contribution in [-0.2, 0) is 6.18 Å². The first-order valence-corrected chi connectivity index (χ1v) is 7.38. The lowest BCUT2D eigenvalue weighted by Crippen LogP contribution is -2.46. The van der Waals surface area contributed by atoms with Crippen LogP contribution in [0.5, 0.6) is 5.75 Å². The van der Waals surface area contributed by atoms with E-state index in [2.05, 4.69) is 5.32 Å². The van der Waals surface area contributed by atoms with Gasteiger partial charge in [-0.2, -0.15) is 26.3 Å². The smallest absolute Gasteiger partial charge is 0.416 e. The number of nitrogens with one attached hydrogen (secondary N) is 1. The highest BCUT2D eigenvalue weighted by Gasteiger charge is 2.41. The van der Waals surface area contributed by atoms with Crippen LogP contribution in [0.15, 0.2) is 18.2 Å². The summed E-state index contributed by atoms with van der Waals surface area (Å²) in [6, 6.07) is 1.71. The number of alkyl halides is 6. The maximum atomic E-state index is 13.4. The largest absolute Gasteiger partial charge is 0.497 e. The zero-order valence-corrected chi connectivity index (χ0v) is 15.4. The highest BCUT2D eigenvalue weighted by molar-refractivity contribution is 5.85. The first kappa shape index (κ1) is 25.1. The molecule has 1 atom stereocenters. The molecule has 2 rings (SSSR count). The van der Waals surface area contributed by atoms with Gasteiger partial charge in [-0.15, -0.1) is 24.8 Å². The molecule has 0 bridgehead atoms. The van der Waals surface area contributed by atoms with E-state index in [0.717, 1.165) is 12.1 Å². The molecule has 0 aromatic heterocycles. The first-order chi connectivity index (χ1) is 11.1. The Morgan fingerprint density at radius 2 is 1.65 bits per heavy atom.